The Morgan fingerprint density at radius 2 is 1.75 bits per heavy atom. The topological polar surface area (TPSA) is 42.9 Å². The van der Waals surface area contributed by atoms with Crippen LogP contribution < -0.4 is 10.6 Å². The number of likely N-dealkylation sites (N-methyl/N-ethyl adjacent to an activating group) is 1. The van der Waals surface area contributed by atoms with Crippen molar-refractivity contribution in [2.45, 2.75) is 58.7 Å². The van der Waals surface area contributed by atoms with Gasteiger partial charge in [-0.1, -0.05) is 31.2 Å². The van der Waals surface area contributed by atoms with Gasteiger partial charge in [-0.2, -0.15) is 0 Å². The molecule has 158 valence electrons. The fourth-order valence-corrected chi connectivity index (χ4v) is 3.82. The number of rotatable bonds is 10. The van der Waals surface area contributed by atoms with Gasteiger partial charge in [0.25, 0.3) is 0 Å². The van der Waals surface area contributed by atoms with Crippen LogP contribution in [0.25, 0.3) is 0 Å². The molecule has 0 amide bonds. The van der Waals surface area contributed by atoms with Crippen LogP contribution in [0.5, 0.6) is 0 Å². The lowest BCUT2D eigenvalue weighted by molar-refractivity contribution is 0.282. The van der Waals surface area contributed by atoms with Gasteiger partial charge in [-0.3, -0.25) is 9.80 Å². The summed E-state index contributed by atoms with van der Waals surface area (Å²) >= 11 is 0. The summed E-state index contributed by atoms with van der Waals surface area (Å²) in [6, 6.07) is 9.81. The van der Waals surface area contributed by atoms with E-state index in [4.69, 9.17) is 4.99 Å². The lowest BCUT2D eigenvalue weighted by Gasteiger charge is -2.20. The molecule has 6 heteroatoms. The SMILES string of the molecule is CCNC(=NCc1ccc(CN2CCCC2)cc1)NCCN(CC)C1CC1.I. The van der Waals surface area contributed by atoms with Crippen molar-refractivity contribution in [3.63, 3.8) is 0 Å². The van der Waals surface area contributed by atoms with Crippen LogP contribution in [0.3, 0.4) is 0 Å². The Morgan fingerprint density at radius 3 is 2.36 bits per heavy atom. The van der Waals surface area contributed by atoms with Gasteiger partial charge < -0.3 is 10.6 Å². The van der Waals surface area contributed by atoms with Crippen LogP contribution in [0.1, 0.15) is 50.7 Å². The highest BCUT2D eigenvalue weighted by atomic mass is 127. The molecule has 1 aliphatic heterocycles. The Balaban J connectivity index is 0.00000280. The normalized spacial score (nSPS) is 17.6. The molecule has 1 saturated heterocycles. The first-order valence-corrected chi connectivity index (χ1v) is 10.8. The molecule has 28 heavy (non-hydrogen) atoms. The van der Waals surface area contributed by atoms with Crippen LogP contribution in [-0.4, -0.2) is 61.1 Å². The van der Waals surface area contributed by atoms with Crippen LogP contribution in [-0.2, 0) is 13.1 Å². The number of hydrogen-bond acceptors (Lipinski definition) is 3. The summed E-state index contributed by atoms with van der Waals surface area (Å²) in [5, 5.41) is 6.85. The Morgan fingerprint density at radius 1 is 1.07 bits per heavy atom. The van der Waals surface area contributed by atoms with Crippen LogP contribution in [0.2, 0.25) is 0 Å². The number of aliphatic imine (C=N–C) groups is 1. The van der Waals surface area contributed by atoms with Gasteiger partial charge in [0.2, 0.25) is 0 Å². The van der Waals surface area contributed by atoms with Crippen molar-refractivity contribution in [1.82, 2.24) is 20.4 Å². The van der Waals surface area contributed by atoms with Crippen molar-refractivity contribution in [2.24, 2.45) is 4.99 Å². The Labute approximate surface area is 188 Å². The van der Waals surface area contributed by atoms with Gasteiger partial charge in [-0.25, -0.2) is 4.99 Å². The summed E-state index contributed by atoms with van der Waals surface area (Å²) in [5.74, 6) is 0.922. The molecule has 2 fully saturated rings. The molecule has 1 heterocycles. The molecule has 1 aliphatic carbocycles. The van der Waals surface area contributed by atoms with Gasteiger partial charge in [0.15, 0.2) is 5.96 Å². The molecule has 1 saturated carbocycles. The zero-order valence-electron chi connectivity index (χ0n) is 17.6. The average Bonchev–Trinajstić information content (AvgIpc) is 3.40. The maximum absolute atomic E-state index is 4.77. The number of hydrogen-bond donors (Lipinski definition) is 2. The van der Waals surface area contributed by atoms with Gasteiger partial charge in [-0.15, -0.1) is 24.0 Å². The van der Waals surface area contributed by atoms with Crippen LogP contribution >= 0.6 is 24.0 Å². The highest BCUT2D eigenvalue weighted by Crippen LogP contribution is 2.25. The molecule has 5 nitrogen and oxygen atoms in total. The summed E-state index contributed by atoms with van der Waals surface area (Å²) in [6.07, 6.45) is 5.44. The van der Waals surface area contributed by atoms with E-state index in [1.807, 2.05) is 0 Å². The summed E-state index contributed by atoms with van der Waals surface area (Å²) < 4.78 is 0. The number of halogens is 1. The van der Waals surface area contributed by atoms with Gasteiger partial charge in [0.1, 0.15) is 0 Å². The molecule has 2 N–H and O–H groups in total. The van der Waals surface area contributed by atoms with E-state index in [1.165, 1.54) is 49.9 Å². The fraction of sp³-hybridized carbons (Fsp3) is 0.682. The maximum Gasteiger partial charge on any atom is 0.191 e. The molecule has 3 rings (SSSR count). The van der Waals surface area contributed by atoms with Crippen LogP contribution in [0.15, 0.2) is 29.3 Å². The molecule has 0 radical (unpaired) electrons. The minimum absolute atomic E-state index is 0. The first-order valence-electron chi connectivity index (χ1n) is 10.8. The van der Waals surface area contributed by atoms with Crippen molar-refractivity contribution < 1.29 is 0 Å². The molecule has 1 aromatic carbocycles. The largest absolute Gasteiger partial charge is 0.357 e. The minimum atomic E-state index is 0. The molecular weight excluding hydrogens is 461 g/mol. The highest BCUT2D eigenvalue weighted by Gasteiger charge is 2.27. The van der Waals surface area contributed by atoms with Crippen molar-refractivity contribution in [3.8, 4) is 0 Å². The van der Waals surface area contributed by atoms with E-state index in [0.29, 0.717) is 0 Å². The summed E-state index contributed by atoms with van der Waals surface area (Å²) in [4.78, 5) is 9.87. The number of guanidine groups is 1. The predicted octanol–water partition coefficient (Wildman–Crippen LogP) is 3.44. The lowest BCUT2D eigenvalue weighted by atomic mass is 10.1. The molecule has 0 bridgehead atoms. The second-order valence-electron chi connectivity index (χ2n) is 7.78. The third-order valence-corrected chi connectivity index (χ3v) is 5.55. The highest BCUT2D eigenvalue weighted by molar-refractivity contribution is 14.0. The van der Waals surface area contributed by atoms with E-state index in [-0.39, 0.29) is 24.0 Å². The number of nitrogens with one attached hydrogen (secondary N) is 2. The van der Waals surface area contributed by atoms with Gasteiger partial charge in [0.05, 0.1) is 6.54 Å². The van der Waals surface area contributed by atoms with Crippen molar-refractivity contribution >= 4 is 29.9 Å². The van der Waals surface area contributed by atoms with Crippen molar-refractivity contribution in [3.05, 3.63) is 35.4 Å². The quantitative estimate of drug-likeness (QED) is 0.294. The van der Waals surface area contributed by atoms with E-state index in [2.05, 4.69) is 58.5 Å². The van der Waals surface area contributed by atoms with Crippen molar-refractivity contribution in [1.29, 1.82) is 0 Å². The summed E-state index contributed by atoms with van der Waals surface area (Å²) in [5.41, 5.74) is 2.68. The molecule has 0 atom stereocenters. The Hall–Kier alpha value is -0.860. The summed E-state index contributed by atoms with van der Waals surface area (Å²) in [6.45, 7) is 12.8. The average molecular weight is 499 g/mol. The first kappa shape index (κ1) is 23.4. The predicted molar refractivity (Wildman–Crippen MR) is 129 cm³/mol. The Bertz CT molecular complexity index is 579. The number of nitrogens with zero attached hydrogens (tertiary/aromatic N) is 3. The number of likely N-dealkylation sites (tertiary alicyclic amines) is 1. The van der Waals surface area contributed by atoms with Crippen molar-refractivity contribution in [2.75, 3.05) is 39.3 Å². The van der Waals surface area contributed by atoms with Gasteiger partial charge in [0, 0.05) is 32.2 Å². The fourth-order valence-electron chi connectivity index (χ4n) is 3.82. The van der Waals surface area contributed by atoms with Gasteiger partial charge >= 0.3 is 0 Å². The van der Waals surface area contributed by atoms with E-state index in [1.54, 1.807) is 0 Å². The first-order chi connectivity index (χ1) is 13.3. The van der Waals surface area contributed by atoms with Crippen LogP contribution in [0.4, 0.5) is 0 Å². The zero-order chi connectivity index (χ0) is 18.9. The van der Waals surface area contributed by atoms with Crippen LogP contribution in [0, 0.1) is 0 Å². The van der Waals surface area contributed by atoms with E-state index in [9.17, 15) is 0 Å². The second-order valence-corrected chi connectivity index (χ2v) is 7.78. The molecule has 0 aromatic heterocycles. The lowest BCUT2D eigenvalue weighted by Crippen LogP contribution is -2.42. The molecular formula is C22H38IN5. The maximum atomic E-state index is 4.77. The Kier molecular flexibility index (Phi) is 10.6. The number of benzene rings is 1. The van der Waals surface area contributed by atoms with E-state index in [0.717, 1.165) is 51.3 Å². The standard InChI is InChI=1S/C22H37N5.HI/c1-3-23-22(24-13-16-27(4-2)21-11-12-21)25-17-19-7-9-20(10-8-19)18-26-14-5-6-15-26;/h7-10,21H,3-6,11-18H2,1-2H3,(H2,23,24,25);1H. The molecule has 0 spiro atoms. The summed E-state index contributed by atoms with van der Waals surface area (Å²) in [7, 11) is 0. The van der Waals surface area contributed by atoms with E-state index >= 15 is 0 Å². The zero-order valence-corrected chi connectivity index (χ0v) is 20.0. The molecule has 0 unspecified atom stereocenters. The monoisotopic (exact) mass is 499 g/mol. The minimum Gasteiger partial charge on any atom is -0.357 e. The third kappa shape index (κ3) is 7.87. The molecule has 2 aliphatic rings. The third-order valence-electron chi connectivity index (χ3n) is 5.55. The second kappa shape index (κ2) is 12.6. The smallest absolute Gasteiger partial charge is 0.191 e. The molecule has 1 aromatic rings. The van der Waals surface area contributed by atoms with Gasteiger partial charge in [-0.05, 0) is 63.4 Å². The van der Waals surface area contributed by atoms with E-state index < -0.39 is 0 Å².